The number of hydrogen-bond acceptors (Lipinski definition) is 1. The summed E-state index contributed by atoms with van der Waals surface area (Å²) in [5, 5.41) is 0. The highest BCUT2D eigenvalue weighted by molar-refractivity contribution is 6.00. The van der Waals surface area contributed by atoms with Crippen LogP contribution < -0.4 is 0 Å². The number of carbonyl (C=O) groups excluding carboxylic acids is 1. The van der Waals surface area contributed by atoms with E-state index >= 15 is 0 Å². The minimum Gasteiger partial charge on any atom is -0.294 e. The Morgan fingerprint density at radius 2 is 1.76 bits per heavy atom. The van der Waals surface area contributed by atoms with Crippen LogP contribution in [0.25, 0.3) is 11.1 Å². The van der Waals surface area contributed by atoms with Gasteiger partial charge in [-0.3, -0.25) is 4.79 Å². The van der Waals surface area contributed by atoms with Gasteiger partial charge in [-0.05, 0) is 30.0 Å². The molecule has 0 fully saturated rings. The molecule has 0 radical (unpaired) electrons. The van der Waals surface area contributed by atoms with Gasteiger partial charge in [0.1, 0.15) is 0 Å². The number of ketones is 1. The van der Waals surface area contributed by atoms with Gasteiger partial charge in [0.15, 0.2) is 5.78 Å². The van der Waals surface area contributed by atoms with Crippen molar-refractivity contribution in [1.82, 2.24) is 0 Å². The molecule has 0 spiro atoms. The van der Waals surface area contributed by atoms with Crippen LogP contribution in [0.2, 0.25) is 0 Å². The Morgan fingerprint density at radius 1 is 0.941 bits per heavy atom. The molecule has 1 aliphatic carbocycles. The highest BCUT2D eigenvalue weighted by Crippen LogP contribution is 2.28. The van der Waals surface area contributed by atoms with E-state index in [1.807, 2.05) is 6.07 Å². The second kappa shape index (κ2) is 3.85. The van der Waals surface area contributed by atoms with Gasteiger partial charge in [-0.1, -0.05) is 48.0 Å². The minimum absolute atomic E-state index is 0.288. The van der Waals surface area contributed by atoms with Gasteiger partial charge in [0, 0.05) is 12.0 Å². The number of carbonyl (C=O) groups is 1. The maximum Gasteiger partial charge on any atom is 0.163 e. The third-order valence-electron chi connectivity index (χ3n) is 3.38. The van der Waals surface area contributed by atoms with E-state index in [0.29, 0.717) is 6.42 Å². The number of hydrogen-bond donors (Lipinski definition) is 0. The predicted molar refractivity (Wildman–Crippen MR) is 69.3 cm³/mol. The van der Waals surface area contributed by atoms with E-state index in [4.69, 9.17) is 0 Å². The first-order chi connectivity index (χ1) is 8.24. The molecule has 1 nitrogen and oxygen atoms in total. The zero-order chi connectivity index (χ0) is 11.8. The van der Waals surface area contributed by atoms with Gasteiger partial charge in [-0.2, -0.15) is 0 Å². The maximum atomic E-state index is 11.6. The average Bonchev–Trinajstić information content (AvgIpc) is 2.71. The van der Waals surface area contributed by atoms with E-state index in [1.54, 1.807) is 0 Å². The minimum atomic E-state index is 0.288. The highest BCUT2D eigenvalue weighted by atomic mass is 16.1. The van der Waals surface area contributed by atoms with Gasteiger partial charge < -0.3 is 0 Å². The molecular formula is C16H14O. The number of Topliss-reactive ketones (excluding diaryl/α,β-unsaturated/α-hetero) is 1. The van der Waals surface area contributed by atoms with Crippen molar-refractivity contribution in [2.75, 3.05) is 0 Å². The Labute approximate surface area is 101 Å². The molecule has 84 valence electrons. The van der Waals surface area contributed by atoms with E-state index < -0.39 is 0 Å². The van der Waals surface area contributed by atoms with E-state index in [2.05, 4.69) is 43.3 Å². The zero-order valence-corrected chi connectivity index (χ0v) is 9.86. The largest absolute Gasteiger partial charge is 0.294 e. The second-order valence-electron chi connectivity index (χ2n) is 4.66. The van der Waals surface area contributed by atoms with Crippen molar-refractivity contribution in [3.8, 4) is 11.1 Å². The smallest absolute Gasteiger partial charge is 0.163 e. The van der Waals surface area contributed by atoms with Crippen LogP contribution in [0.3, 0.4) is 0 Å². The molecule has 0 bridgehead atoms. The van der Waals surface area contributed by atoms with Crippen LogP contribution in [0.4, 0.5) is 0 Å². The molecule has 0 N–H and O–H groups in total. The van der Waals surface area contributed by atoms with Crippen molar-refractivity contribution in [3.63, 3.8) is 0 Å². The summed E-state index contributed by atoms with van der Waals surface area (Å²) in [7, 11) is 0. The average molecular weight is 222 g/mol. The Kier molecular flexibility index (Phi) is 2.32. The highest BCUT2D eigenvalue weighted by Gasteiger charge is 2.19. The quantitative estimate of drug-likeness (QED) is 0.717. The lowest BCUT2D eigenvalue weighted by Gasteiger charge is -2.05. The zero-order valence-electron chi connectivity index (χ0n) is 9.86. The SMILES string of the molecule is Cc1cccc(-c2ccc3c(c2)CCC3=O)c1. The number of fused-ring (bicyclic) bond motifs is 1. The second-order valence-corrected chi connectivity index (χ2v) is 4.66. The first-order valence-electron chi connectivity index (χ1n) is 5.97. The van der Waals surface area contributed by atoms with E-state index in [-0.39, 0.29) is 5.78 Å². The summed E-state index contributed by atoms with van der Waals surface area (Å²) in [4.78, 5) is 11.6. The van der Waals surface area contributed by atoms with E-state index in [0.717, 1.165) is 12.0 Å². The lowest BCUT2D eigenvalue weighted by atomic mass is 9.99. The third-order valence-corrected chi connectivity index (χ3v) is 3.38. The summed E-state index contributed by atoms with van der Waals surface area (Å²) in [5.74, 6) is 0.288. The maximum absolute atomic E-state index is 11.6. The van der Waals surface area contributed by atoms with Gasteiger partial charge in [-0.25, -0.2) is 0 Å². The molecule has 0 saturated carbocycles. The lowest BCUT2D eigenvalue weighted by Crippen LogP contribution is -1.90. The van der Waals surface area contributed by atoms with Gasteiger partial charge in [0.2, 0.25) is 0 Å². The van der Waals surface area contributed by atoms with Crippen molar-refractivity contribution >= 4 is 5.78 Å². The summed E-state index contributed by atoms with van der Waals surface area (Å²) in [6, 6.07) is 14.7. The number of benzene rings is 2. The van der Waals surface area contributed by atoms with Gasteiger partial charge >= 0.3 is 0 Å². The normalized spacial score (nSPS) is 13.8. The fourth-order valence-corrected chi connectivity index (χ4v) is 2.46. The van der Waals surface area contributed by atoms with Crippen molar-refractivity contribution in [2.24, 2.45) is 0 Å². The van der Waals surface area contributed by atoms with Crippen molar-refractivity contribution in [3.05, 3.63) is 59.2 Å². The third kappa shape index (κ3) is 1.78. The monoisotopic (exact) mass is 222 g/mol. The molecule has 0 aliphatic heterocycles. The molecule has 0 aromatic heterocycles. The van der Waals surface area contributed by atoms with Crippen molar-refractivity contribution in [2.45, 2.75) is 19.8 Å². The topological polar surface area (TPSA) is 17.1 Å². The van der Waals surface area contributed by atoms with Crippen LogP contribution in [0, 0.1) is 6.92 Å². The van der Waals surface area contributed by atoms with Crippen LogP contribution in [0.5, 0.6) is 0 Å². The van der Waals surface area contributed by atoms with Gasteiger partial charge in [0.05, 0.1) is 0 Å². The fraction of sp³-hybridized carbons (Fsp3) is 0.188. The Morgan fingerprint density at radius 3 is 2.59 bits per heavy atom. The van der Waals surface area contributed by atoms with Crippen LogP contribution >= 0.6 is 0 Å². The molecule has 2 aromatic carbocycles. The Balaban J connectivity index is 2.09. The Hall–Kier alpha value is -1.89. The van der Waals surface area contributed by atoms with Gasteiger partial charge in [0.25, 0.3) is 0 Å². The first kappa shape index (κ1) is 10.3. The summed E-state index contributed by atoms with van der Waals surface area (Å²) < 4.78 is 0. The summed E-state index contributed by atoms with van der Waals surface area (Å²) in [5.41, 5.74) is 5.82. The molecule has 0 heterocycles. The molecule has 3 rings (SSSR count). The van der Waals surface area contributed by atoms with E-state index in [1.165, 1.54) is 22.3 Å². The van der Waals surface area contributed by atoms with E-state index in [9.17, 15) is 4.79 Å². The molecule has 0 atom stereocenters. The standard InChI is InChI=1S/C16H14O/c1-11-3-2-4-12(9-11)13-5-7-15-14(10-13)6-8-16(15)17/h2-5,7,9-10H,6,8H2,1H3. The molecule has 0 saturated heterocycles. The molecule has 2 aromatic rings. The number of aryl methyl sites for hydroxylation is 2. The van der Waals surface area contributed by atoms with Crippen LogP contribution in [0.1, 0.15) is 27.9 Å². The molecule has 0 unspecified atom stereocenters. The first-order valence-corrected chi connectivity index (χ1v) is 5.97. The van der Waals surface area contributed by atoms with Crippen LogP contribution in [-0.4, -0.2) is 5.78 Å². The Bertz CT molecular complexity index is 596. The summed E-state index contributed by atoms with van der Waals surface area (Å²) in [6.45, 7) is 2.10. The summed E-state index contributed by atoms with van der Waals surface area (Å²) >= 11 is 0. The predicted octanol–water partition coefficient (Wildman–Crippen LogP) is 3.79. The number of rotatable bonds is 1. The molecule has 1 aliphatic rings. The van der Waals surface area contributed by atoms with Crippen LogP contribution in [-0.2, 0) is 6.42 Å². The fourth-order valence-electron chi connectivity index (χ4n) is 2.46. The summed E-state index contributed by atoms with van der Waals surface area (Å²) in [6.07, 6.45) is 1.57. The molecule has 17 heavy (non-hydrogen) atoms. The van der Waals surface area contributed by atoms with Crippen molar-refractivity contribution in [1.29, 1.82) is 0 Å². The molecule has 1 heteroatoms. The van der Waals surface area contributed by atoms with Gasteiger partial charge in [-0.15, -0.1) is 0 Å². The van der Waals surface area contributed by atoms with Crippen LogP contribution in [0.15, 0.2) is 42.5 Å². The lowest BCUT2D eigenvalue weighted by molar-refractivity contribution is 0.0994. The van der Waals surface area contributed by atoms with Crippen molar-refractivity contribution < 1.29 is 4.79 Å². The molecular weight excluding hydrogens is 208 g/mol. The molecule has 0 amide bonds.